The first kappa shape index (κ1) is 24.5. The normalized spacial score (nSPS) is 21.9. The predicted octanol–water partition coefficient (Wildman–Crippen LogP) is 4.91. The average molecular weight is 488 g/mol. The fourth-order valence-electron chi connectivity index (χ4n) is 6.46. The highest BCUT2D eigenvalue weighted by Crippen LogP contribution is 2.36. The lowest BCUT2D eigenvalue weighted by atomic mass is 9.80. The number of hydrogen-bond donors (Lipinski definition) is 0. The first-order valence-electron chi connectivity index (χ1n) is 13.4. The van der Waals surface area contributed by atoms with Crippen LogP contribution in [0.1, 0.15) is 65.5 Å². The van der Waals surface area contributed by atoms with E-state index in [-0.39, 0.29) is 42.8 Å². The molecule has 0 N–H and O–H groups in total. The monoisotopic (exact) mass is 487 g/mol. The lowest BCUT2D eigenvalue weighted by Gasteiger charge is -2.47. The number of imide groups is 1. The Morgan fingerprint density at radius 1 is 0.972 bits per heavy atom. The third-order valence-corrected chi connectivity index (χ3v) is 8.39. The molecule has 5 rings (SSSR count). The molecule has 1 saturated heterocycles. The van der Waals surface area contributed by atoms with E-state index in [0.29, 0.717) is 19.6 Å². The number of rotatable bonds is 5. The number of carbonyl (C=O) groups excluding carboxylic acids is 3. The molecular weight excluding hydrogens is 450 g/mol. The van der Waals surface area contributed by atoms with E-state index >= 15 is 0 Å². The Morgan fingerprint density at radius 2 is 1.67 bits per heavy atom. The van der Waals surface area contributed by atoms with Gasteiger partial charge in [-0.15, -0.1) is 0 Å². The average Bonchev–Trinajstić information content (AvgIpc) is 2.87. The maximum atomic E-state index is 13.7. The number of hydrogen-bond acceptors (Lipinski definition) is 3. The van der Waals surface area contributed by atoms with Crippen LogP contribution in [0, 0.1) is 26.7 Å². The molecule has 0 aromatic heterocycles. The highest BCUT2D eigenvalue weighted by molar-refractivity contribution is 5.99. The zero-order chi connectivity index (χ0) is 25.4. The van der Waals surface area contributed by atoms with Crippen LogP contribution >= 0.6 is 0 Å². The van der Waals surface area contributed by atoms with Gasteiger partial charge in [0, 0.05) is 38.6 Å². The lowest BCUT2D eigenvalue weighted by molar-refractivity contribution is -0.141. The fourth-order valence-corrected chi connectivity index (χ4v) is 6.46. The first-order valence-corrected chi connectivity index (χ1v) is 13.4. The molecule has 6 heteroatoms. The maximum Gasteiger partial charge on any atom is 0.327 e. The van der Waals surface area contributed by atoms with Gasteiger partial charge in [-0.3, -0.25) is 14.5 Å². The van der Waals surface area contributed by atoms with Gasteiger partial charge in [0.25, 0.3) is 0 Å². The summed E-state index contributed by atoms with van der Waals surface area (Å²) in [7, 11) is 0. The van der Waals surface area contributed by atoms with Gasteiger partial charge in [-0.05, 0) is 67.9 Å². The fraction of sp³-hybridized carbons (Fsp3) is 0.500. The van der Waals surface area contributed by atoms with E-state index in [1.165, 1.54) is 32.7 Å². The first-order chi connectivity index (χ1) is 17.3. The van der Waals surface area contributed by atoms with Crippen molar-refractivity contribution >= 4 is 17.8 Å². The minimum atomic E-state index is -0.237. The van der Waals surface area contributed by atoms with Gasteiger partial charge >= 0.3 is 6.03 Å². The van der Waals surface area contributed by atoms with E-state index in [1.807, 2.05) is 21.9 Å². The molecule has 3 aliphatic rings. The highest BCUT2D eigenvalue weighted by atomic mass is 16.2. The van der Waals surface area contributed by atoms with Crippen molar-refractivity contribution < 1.29 is 14.4 Å². The summed E-state index contributed by atoms with van der Waals surface area (Å²) in [5.74, 6) is -0.248. The van der Waals surface area contributed by atoms with Crippen molar-refractivity contribution in [2.75, 3.05) is 13.1 Å². The van der Waals surface area contributed by atoms with Crippen molar-refractivity contribution in [3.63, 3.8) is 0 Å². The molecule has 36 heavy (non-hydrogen) atoms. The van der Waals surface area contributed by atoms with Gasteiger partial charge < -0.3 is 9.80 Å². The van der Waals surface area contributed by atoms with Gasteiger partial charge in [-0.25, -0.2) is 4.79 Å². The Bertz CT molecular complexity index is 1170. The molecular formula is C30H37N3O3. The Labute approximate surface area is 214 Å². The molecule has 2 aromatic rings. The molecule has 0 spiro atoms. The molecule has 0 bridgehead atoms. The Kier molecular flexibility index (Phi) is 6.87. The molecule has 1 saturated carbocycles. The molecule has 6 nitrogen and oxygen atoms in total. The number of fused-ring (bicyclic) bond motifs is 2. The summed E-state index contributed by atoms with van der Waals surface area (Å²) in [6.45, 7) is 8.23. The smallest absolute Gasteiger partial charge is 0.327 e. The van der Waals surface area contributed by atoms with Crippen molar-refractivity contribution in [3.05, 3.63) is 69.8 Å². The van der Waals surface area contributed by atoms with E-state index in [0.717, 1.165) is 37.7 Å². The van der Waals surface area contributed by atoms with Crippen molar-refractivity contribution in [3.8, 4) is 0 Å². The molecule has 190 valence electrons. The third-order valence-electron chi connectivity index (χ3n) is 8.39. The third kappa shape index (κ3) is 4.65. The topological polar surface area (TPSA) is 60.9 Å². The summed E-state index contributed by atoms with van der Waals surface area (Å²) in [5.41, 5.74) is 7.21. The van der Waals surface area contributed by atoms with Gasteiger partial charge in [0.05, 0.1) is 5.92 Å². The number of benzene rings is 2. The summed E-state index contributed by atoms with van der Waals surface area (Å²) < 4.78 is 0. The van der Waals surface area contributed by atoms with Crippen molar-refractivity contribution in [1.82, 2.24) is 14.7 Å². The molecule has 2 aliphatic heterocycles. The van der Waals surface area contributed by atoms with E-state index < -0.39 is 0 Å². The van der Waals surface area contributed by atoms with Gasteiger partial charge in [0.15, 0.2) is 0 Å². The molecule has 4 amide bonds. The molecule has 2 unspecified atom stereocenters. The van der Waals surface area contributed by atoms with E-state index in [9.17, 15) is 14.4 Å². The SMILES string of the molecule is Cc1cc(C)c(CN2C(=O)N(CCC(=O)N3CCc4ccccc4C3)C(=O)C3CCCCC32)c(C)c1. The number of amides is 4. The Hall–Kier alpha value is -3.15. The zero-order valence-electron chi connectivity index (χ0n) is 21.8. The molecule has 2 fully saturated rings. The van der Waals surface area contributed by atoms with Gasteiger partial charge in [-0.1, -0.05) is 54.8 Å². The van der Waals surface area contributed by atoms with Crippen LogP contribution in [0.3, 0.4) is 0 Å². The van der Waals surface area contributed by atoms with E-state index in [2.05, 4.69) is 45.0 Å². The largest absolute Gasteiger partial charge is 0.338 e. The molecule has 0 radical (unpaired) electrons. The van der Waals surface area contributed by atoms with Crippen LogP contribution in [0.2, 0.25) is 0 Å². The Balaban J connectivity index is 1.32. The van der Waals surface area contributed by atoms with Crippen molar-refractivity contribution in [2.24, 2.45) is 5.92 Å². The summed E-state index contributed by atoms with van der Waals surface area (Å²) in [5, 5.41) is 0. The number of nitrogens with zero attached hydrogens (tertiary/aromatic N) is 3. The van der Waals surface area contributed by atoms with Gasteiger partial charge in [-0.2, -0.15) is 0 Å². The quantitative estimate of drug-likeness (QED) is 0.602. The summed E-state index contributed by atoms with van der Waals surface area (Å²) >= 11 is 0. The highest BCUT2D eigenvalue weighted by Gasteiger charge is 2.47. The van der Waals surface area contributed by atoms with Gasteiger partial charge in [0.1, 0.15) is 0 Å². The van der Waals surface area contributed by atoms with Crippen LogP contribution in [0.15, 0.2) is 36.4 Å². The van der Waals surface area contributed by atoms with Crippen LogP contribution in [0.5, 0.6) is 0 Å². The molecule has 2 atom stereocenters. The standard InChI is InChI=1S/C30H37N3O3/c1-20-16-21(2)26(22(3)17-20)19-33-27-11-7-6-10-25(27)29(35)32(30(33)36)15-13-28(34)31-14-12-23-8-4-5-9-24(23)18-31/h4-5,8-9,16-17,25,27H,6-7,10-15,18-19H2,1-3H3. The molecule has 2 aromatic carbocycles. The zero-order valence-corrected chi connectivity index (χ0v) is 21.8. The minimum absolute atomic E-state index is 0.00708. The molecule has 2 heterocycles. The van der Waals surface area contributed by atoms with Crippen LogP contribution < -0.4 is 0 Å². The predicted molar refractivity (Wildman–Crippen MR) is 139 cm³/mol. The number of urea groups is 1. The number of carbonyl (C=O) groups is 3. The van der Waals surface area contributed by atoms with Crippen molar-refractivity contribution in [1.29, 1.82) is 0 Å². The number of aryl methyl sites for hydroxylation is 3. The second-order valence-electron chi connectivity index (χ2n) is 10.8. The van der Waals surface area contributed by atoms with Crippen molar-refractivity contribution in [2.45, 2.75) is 78.4 Å². The van der Waals surface area contributed by atoms with Crippen LogP contribution in [0.25, 0.3) is 0 Å². The maximum absolute atomic E-state index is 13.7. The second kappa shape index (κ2) is 10.1. The van der Waals surface area contributed by atoms with Crippen LogP contribution in [-0.2, 0) is 29.1 Å². The lowest BCUT2D eigenvalue weighted by Crippen LogP contribution is -2.62. The summed E-state index contributed by atoms with van der Waals surface area (Å²) in [4.78, 5) is 45.5. The van der Waals surface area contributed by atoms with E-state index in [1.54, 1.807) is 0 Å². The molecule has 1 aliphatic carbocycles. The van der Waals surface area contributed by atoms with Gasteiger partial charge in [0.2, 0.25) is 11.8 Å². The summed E-state index contributed by atoms with van der Waals surface area (Å²) in [6.07, 6.45) is 4.75. The van der Waals surface area contributed by atoms with Crippen LogP contribution in [0.4, 0.5) is 4.79 Å². The minimum Gasteiger partial charge on any atom is -0.338 e. The summed E-state index contributed by atoms with van der Waals surface area (Å²) in [6, 6.07) is 12.3. The second-order valence-corrected chi connectivity index (χ2v) is 10.8. The van der Waals surface area contributed by atoms with Crippen LogP contribution in [-0.4, -0.2) is 51.7 Å². The van der Waals surface area contributed by atoms with E-state index in [4.69, 9.17) is 0 Å². The Morgan fingerprint density at radius 3 is 2.42 bits per heavy atom.